The molecule has 0 atom stereocenters. The van der Waals surface area contributed by atoms with Crippen LogP contribution in [0.2, 0.25) is 0 Å². The van der Waals surface area contributed by atoms with Gasteiger partial charge in [0.05, 0.1) is 12.4 Å². The van der Waals surface area contributed by atoms with E-state index in [9.17, 15) is 4.79 Å². The van der Waals surface area contributed by atoms with Crippen molar-refractivity contribution < 1.29 is 9.90 Å². The minimum atomic E-state index is -0.140. The van der Waals surface area contributed by atoms with Gasteiger partial charge in [-0.2, -0.15) is 0 Å². The van der Waals surface area contributed by atoms with E-state index in [1.54, 1.807) is 0 Å². The van der Waals surface area contributed by atoms with Crippen LogP contribution < -0.4 is 0 Å². The maximum absolute atomic E-state index is 10.3. The highest BCUT2D eigenvalue weighted by Gasteiger charge is 2.12. The number of thioether (sulfide) groups is 1. The molecule has 1 aliphatic rings. The third-order valence-corrected chi connectivity index (χ3v) is 1.69. The van der Waals surface area contributed by atoms with E-state index in [4.69, 9.17) is 5.11 Å². The van der Waals surface area contributed by atoms with Crippen LogP contribution in [0.3, 0.4) is 0 Å². The molecule has 1 N–H and O–H groups in total. The number of carbonyl (C=O) groups is 1. The van der Waals surface area contributed by atoms with Gasteiger partial charge in [0.1, 0.15) is 5.04 Å². The third kappa shape index (κ3) is 1.08. The van der Waals surface area contributed by atoms with Gasteiger partial charge in [0.15, 0.2) is 0 Å². The lowest BCUT2D eigenvalue weighted by atomic mass is 10.7. The Hall–Kier alpha value is -0.350. The van der Waals surface area contributed by atoms with Gasteiger partial charge >= 0.3 is 0 Å². The Kier molecular flexibility index (Phi) is 1.65. The monoisotopic (exact) mass is 131 g/mol. The Morgan fingerprint density at radius 1 is 1.88 bits per heavy atom. The zero-order valence-electron chi connectivity index (χ0n) is 4.13. The summed E-state index contributed by atoms with van der Waals surface area (Å²) < 4.78 is 0. The van der Waals surface area contributed by atoms with E-state index < -0.39 is 0 Å². The predicted molar refractivity (Wildman–Crippen MR) is 32.0 cm³/mol. The highest BCUT2D eigenvalue weighted by molar-refractivity contribution is 8.15. The van der Waals surface area contributed by atoms with Crippen molar-refractivity contribution in [1.29, 1.82) is 0 Å². The van der Waals surface area contributed by atoms with Crippen LogP contribution in [-0.4, -0.2) is 28.4 Å². The molecule has 0 aromatic heterocycles. The van der Waals surface area contributed by atoms with Gasteiger partial charge in [-0.25, -0.2) is 4.99 Å². The topological polar surface area (TPSA) is 49.7 Å². The highest BCUT2D eigenvalue weighted by Crippen LogP contribution is 2.11. The van der Waals surface area contributed by atoms with Gasteiger partial charge in [-0.1, -0.05) is 11.8 Å². The van der Waals surface area contributed by atoms with Gasteiger partial charge in [-0.05, 0) is 0 Å². The van der Waals surface area contributed by atoms with Crippen LogP contribution in [0.15, 0.2) is 4.99 Å². The average molecular weight is 131 g/mol. The first-order chi connectivity index (χ1) is 3.83. The first kappa shape index (κ1) is 5.78. The van der Waals surface area contributed by atoms with E-state index in [-0.39, 0.29) is 12.5 Å². The highest BCUT2D eigenvalue weighted by atomic mass is 32.2. The number of aliphatic hydroxyl groups excluding tert-OH is 1. The van der Waals surface area contributed by atoms with Gasteiger partial charge in [-0.15, -0.1) is 0 Å². The Labute approximate surface area is 50.8 Å². The van der Waals surface area contributed by atoms with Crippen molar-refractivity contribution in [3.8, 4) is 0 Å². The summed E-state index contributed by atoms with van der Waals surface area (Å²) in [5, 5.41) is 8.92. The second-order valence-corrected chi connectivity index (χ2v) is 2.39. The van der Waals surface area contributed by atoms with Crippen molar-refractivity contribution in [2.24, 2.45) is 4.99 Å². The second-order valence-electron chi connectivity index (χ2n) is 1.35. The molecular weight excluding hydrogens is 126 g/mol. The van der Waals surface area contributed by atoms with Crippen LogP contribution in [0.4, 0.5) is 0 Å². The molecule has 0 fully saturated rings. The first-order valence-electron chi connectivity index (χ1n) is 2.17. The summed E-state index contributed by atoms with van der Waals surface area (Å²) in [5.74, 6) is 0.259. The number of hydrogen-bond acceptors (Lipinski definition) is 3. The standard InChI is InChI=1S/C4H5NO2S/c6-1-4-5-3(7)2-8-4/h6H,1-2H2. The number of nitrogens with zero attached hydrogens (tertiary/aromatic N) is 1. The quantitative estimate of drug-likeness (QED) is 0.529. The van der Waals surface area contributed by atoms with E-state index >= 15 is 0 Å². The predicted octanol–water partition coefficient (Wildman–Crippen LogP) is -0.349. The molecule has 0 bridgehead atoms. The molecule has 1 heterocycles. The Morgan fingerprint density at radius 2 is 2.62 bits per heavy atom. The van der Waals surface area contributed by atoms with Crippen molar-refractivity contribution in [2.75, 3.05) is 12.4 Å². The molecule has 0 radical (unpaired) electrons. The van der Waals surface area contributed by atoms with E-state index in [1.807, 2.05) is 0 Å². The Balaban J connectivity index is 2.57. The molecule has 0 aromatic rings. The molecule has 0 unspecified atom stereocenters. The van der Waals surface area contributed by atoms with Gasteiger partial charge in [0, 0.05) is 0 Å². The average Bonchev–Trinajstić information content (AvgIpc) is 2.14. The fourth-order valence-electron chi connectivity index (χ4n) is 0.430. The summed E-state index contributed by atoms with van der Waals surface area (Å²) in [6.07, 6.45) is 0. The zero-order valence-corrected chi connectivity index (χ0v) is 4.94. The largest absolute Gasteiger partial charge is 0.389 e. The van der Waals surface area contributed by atoms with Crippen molar-refractivity contribution in [3.05, 3.63) is 0 Å². The van der Waals surface area contributed by atoms with Crippen LogP contribution in [0.1, 0.15) is 0 Å². The van der Waals surface area contributed by atoms with Crippen LogP contribution in [-0.2, 0) is 4.79 Å². The smallest absolute Gasteiger partial charge is 0.256 e. The number of carbonyl (C=O) groups excluding carboxylic acids is 1. The molecular formula is C4H5NO2S. The molecule has 0 spiro atoms. The molecule has 0 aliphatic carbocycles. The molecule has 1 aliphatic heterocycles. The summed E-state index contributed by atoms with van der Waals surface area (Å²) in [6.45, 7) is -0.101. The summed E-state index contributed by atoms with van der Waals surface area (Å²) in [7, 11) is 0. The fourth-order valence-corrected chi connectivity index (χ4v) is 1.04. The fraction of sp³-hybridized carbons (Fsp3) is 0.500. The molecule has 0 saturated heterocycles. The molecule has 1 amide bonds. The molecule has 0 aromatic carbocycles. The lowest BCUT2D eigenvalue weighted by Crippen LogP contribution is -1.93. The number of amides is 1. The van der Waals surface area contributed by atoms with Crippen LogP contribution in [0.25, 0.3) is 0 Å². The van der Waals surface area contributed by atoms with E-state index in [0.29, 0.717) is 10.8 Å². The molecule has 3 nitrogen and oxygen atoms in total. The lowest BCUT2D eigenvalue weighted by Gasteiger charge is -1.83. The third-order valence-electron chi connectivity index (χ3n) is 0.747. The van der Waals surface area contributed by atoms with Gasteiger partial charge in [0.25, 0.3) is 5.91 Å². The lowest BCUT2D eigenvalue weighted by molar-refractivity contribution is -0.115. The minimum absolute atomic E-state index is 0.101. The molecule has 44 valence electrons. The number of aliphatic hydroxyl groups is 1. The van der Waals surface area contributed by atoms with E-state index in [2.05, 4.69) is 4.99 Å². The SMILES string of the molecule is O=C1CSC(CO)=N1. The maximum atomic E-state index is 10.3. The number of rotatable bonds is 1. The Morgan fingerprint density at radius 3 is 2.88 bits per heavy atom. The second kappa shape index (κ2) is 2.28. The molecule has 1 rings (SSSR count). The van der Waals surface area contributed by atoms with Crippen molar-refractivity contribution in [2.45, 2.75) is 0 Å². The molecule has 4 heteroatoms. The first-order valence-corrected chi connectivity index (χ1v) is 3.15. The van der Waals surface area contributed by atoms with Crippen molar-refractivity contribution in [3.63, 3.8) is 0 Å². The number of aliphatic imine (C=N–C) groups is 1. The van der Waals surface area contributed by atoms with Gasteiger partial charge < -0.3 is 5.11 Å². The van der Waals surface area contributed by atoms with E-state index in [0.717, 1.165) is 0 Å². The van der Waals surface area contributed by atoms with E-state index in [1.165, 1.54) is 11.8 Å². The molecule has 8 heavy (non-hydrogen) atoms. The summed E-state index contributed by atoms with van der Waals surface area (Å²) >= 11 is 1.30. The van der Waals surface area contributed by atoms with Crippen LogP contribution >= 0.6 is 11.8 Å². The molecule has 0 saturated carbocycles. The van der Waals surface area contributed by atoms with Crippen LogP contribution in [0.5, 0.6) is 0 Å². The summed E-state index contributed by atoms with van der Waals surface area (Å²) in [6, 6.07) is 0. The Bertz CT molecular complexity index is 143. The van der Waals surface area contributed by atoms with Crippen LogP contribution in [0, 0.1) is 0 Å². The van der Waals surface area contributed by atoms with Gasteiger partial charge in [0.2, 0.25) is 0 Å². The zero-order chi connectivity index (χ0) is 5.98. The van der Waals surface area contributed by atoms with Crippen molar-refractivity contribution >= 4 is 22.7 Å². The van der Waals surface area contributed by atoms with Crippen molar-refractivity contribution in [1.82, 2.24) is 0 Å². The number of hydrogen-bond donors (Lipinski definition) is 1. The minimum Gasteiger partial charge on any atom is -0.389 e. The summed E-state index contributed by atoms with van der Waals surface area (Å²) in [4.78, 5) is 13.8. The normalized spacial score (nSPS) is 19.1. The maximum Gasteiger partial charge on any atom is 0.256 e. The summed E-state index contributed by atoms with van der Waals surface area (Å²) in [5.41, 5.74) is 0. The van der Waals surface area contributed by atoms with Gasteiger partial charge in [-0.3, -0.25) is 4.79 Å².